The molecule has 0 saturated heterocycles. The van der Waals surface area contributed by atoms with Crippen molar-refractivity contribution in [3.63, 3.8) is 0 Å². The molecule has 0 aliphatic carbocycles. The van der Waals surface area contributed by atoms with Crippen LogP contribution in [-0.4, -0.2) is 25.1 Å². The number of hydrogen-bond donors (Lipinski definition) is 1. The van der Waals surface area contributed by atoms with Gasteiger partial charge in [0.25, 0.3) is 0 Å². The number of aryl methyl sites for hydroxylation is 1. The molecule has 60 valence electrons. The van der Waals surface area contributed by atoms with E-state index in [1.165, 1.54) is 6.33 Å². The zero-order chi connectivity index (χ0) is 8.39. The summed E-state index contributed by atoms with van der Waals surface area (Å²) in [6, 6.07) is 0. The monoisotopic (exact) mass is 161 g/mol. The molecule has 0 fully saturated rings. The average molecular weight is 161 g/mol. The minimum absolute atomic E-state index is 0.641. The summed E-state index contributed by atoms with van der Waals surface area (Å²) >= 11 is 0. The zero-order valence-electron chi connectivity index (χ0n) is 6.52. The van der Waals surface area contributed by atoms with E-state index < -0.39 is 0 Å². The van der Waals surface area contributed by atoms with E-state index in [1.54, 1.807) is 12.4 Å². The molecule has 0 spiro atoms. The average Bonchev–Trinajstić information content (AvgIpc) is 2.58. The van der Waals surface area contributed by atoms with Gasteiger partial charge in [0, 0.05) is 6.20 Å². The van der Waals surface area contributed by atoms with Crippen molar-refractivity contribution in [2.75, 3.05) is 0 Å². The standard InChI is InChI=1S/C7H7N5/c1-5-2-9-6(3-8-5)7-10-4-11-12-7/h2-4H,1H3,(H,10,11,12). The van der Waals surface area contributed by atoms with E-state index in [9.17, 15) is 0 Å². The third-order valence-electron chi connectivity index (χ3n) is 1.44. The number of hydrogen-bond acceptors (Lipinski definition) is 4. The van der Waals surface area contributed by atoms with Gasteiger partial charge >= 0.3 is 0 Å². The van der Waals surface area contributed by atoms with Crippen LogP contribution in [0.25, 0.3) is 11.5 Å². The first-order valence-corrected chi connectivity index (χ1v) is 3.50. The molecule has 1 N–H and O–H groups in total. The van der Waals surface area contributed by atoms with Gasteiger partial charge in [-0.1, -0.05) is 0 Å². The van der Waals surface area contributed by atoms with Gasteiger partial charge in [-0.05, 0) is 6.92 Å². The maximum Gasteiger partial charge on any atom is 0.175 e. The lowest BCUT2D eigenvalue weighted by molar-refractivity contribution is 1.06. The number of aromatic nitrogens is 5. The Hall–Kier alpha value is -1.78. The Bertz CT molecular complexity index is 350. The molecular weight excluding hydrogens is 154 g/mol. The van der Waals surface area contributed by atoms with Crippen molar-refractivity contribution in [1.82, 2.24) is 25.1 Å². The first-order valence-electron chi connectivity index (χ1n) is 3.50. The van der Waals surface area contributed by atoms with E-state index in [0.717, 1.165) is 5.69 Å². The van der Waals surface area contributed by atoms with Gasteiger partial charge < -0.3 is 0 Å². The molecule has 2 aromatic heterocycles. The second kappa shape index (κ2) is 2.69. The van der Waals surface area contributed by atoms with Gasteiger partial charge in [-0.3, -0.25) is 10.1 Å². The first-order chi connectivity index (χ1) is 5.86. The molecule has 0 aliphatic heterocycles. The lowest BCUT2D eigenvalue weighted by Crippen LogP contribution is -1.89. The van der Waals surface area contributed by atoms with Crippen LogP contribution in [0.2, 0.25) is 0 Å². The third kappa shape index (κ3) is 1.16. The fourth-order valence-corrected chi connectivity index (χ4v) is 0.844. The van der Waals surface area contributed by atoms with Crippen LogP contribution in [0.1, 0.15) is 5.69 Å². The van der Waals surface area contributed by atoms with Crippen molar-refractivity contribution in [2.24, 2.45) is 0 Å². The molecule has 2 aromatic rings. The van der Waals surface area contributed by atoms with E-state index >= 15 is 0 Å². The Morgan fingerprint density at radius 3 is 2.67 bits per heavy atom. The Balaban J connectivity index is 2.43. The Labute approximate surface area is 68.9 Å². The van der Waals surface area contributed by atoms with Crippen LogP contribution in [0.5, 0.6) is 0 Å². The highest BCUT2D eigenvalue weighted by atomic mass is 15.2. The molecule has 0 saturated carbocycles. The summed E-state index contributed by atoms with van der Waals surface area (Å²) in [5, 5.41) is 6.43. The van der Waals surface area contributed by atoms with Gasteiger partial charge in [0.15, 0.2) is 5.82 Å². The summed E-state index contributed by atoms with van der Waals surface area (Å²) < 4.78 is 0. The Morgan fingerprint density at radius 2 is 2.08 bits per heavy atom. The quantitative estimate of drug-likeness (QED) is 0.663. The molecule has 0 bridgehead atoms. The van der Waals surface area contributed by atoms with E-state index in [-0.39, 0.29) is 0 Å². The van der Waals surface area contributed by atoms with Crippen LogP contribution in [0.3, 0.4) is 0 Å². The number of nitrogens with one attached hydrogen (secondary N) is 1. The molecular formula is C7H7N5. The zero-order valence-corrected chi connectivity index (χ0v) is 6.52. The SMILES string of the molecule is Cc1cnc(-c2ncn[nH]2)cn1. The van der Waals surface area contributed by atoms with Crippen LogP contribution in [0, 0.1) is 6.92 Å². The molecule has 0 unspecified atom stereocenters. The molecule has 0 radical (unpaired) electrons. The van der Waals surface area contributed by atoms with Crippen LogP contribution in [-0.2, 0) is 0 Å². The summed E-state index contributed by atoms with van der Waals surface area (Å²) in [6.07, 6.45) is 4.80. The molecule has 12 heavy (non-hydrogen) atoms. The summed E-state index contributed by atoms with van der Waals surface area (Å²) in [5.41, 5.74) is 1.59. The number of H-pyrrole nitrogens is 1. The minimum Gasteiger partial charge on any atom is -0.258 e. The summed E-state index contributed by atoms with van der Waals surface area (Å²) in [5.74, 6) is 0.641. The second-order valence-electron chi connectivity index (χ2n) is 2.38. The minimum atomic E-state index is 0.641. The van der Waals surface area contributed by atoms with Crippen LogP contribution in [0.15, 0.2) is 18.7 Å². The van der Waals surface area contributed by atoms with Gasteiger partial charge in [0.05, 0.1) is 11.9 Å². The number of aromatic amines is 1. The largest absolute Gasteiger partial charge is 0.258 e. The van der Waals surface area contributed by atoms with Crippen molar-refractivity contribution in [1.29, 1.82) is 0 Å². The normalized spacial score (nSPS) is 10.1. The fourth-order valence-electron chi connectivity index (χ4n) is 0.844. The number of nitrogens with zero attached hydrogens (tertiary/aromatic N) is 4. The summed E-state index contributed by atoms with van der Waals surface area (Å²) in [4.78, 5) is 12.2. The first kappa shape index (κ1) is 6.90. The molecule has 5 nitrogen and oxygen atoms in total. The lowest BCUT2D eigenvalue weighted by atomic mass is 10.4. The van der Waals surface area contributed by atoms with E-state index in [1.807, 2.05) is 6.92 Å². The highest BCUT2D eigenvalue weighted by molar-refractivity contribution is 5.45. The van der Waals surface area contributed by atoms with Crippen molar-refractivity contribution in [3.05, 3.63) is 24.4 Å². The maximum absolute atomic E-state index is 4.12. The lowest BCUT2D eigenvalue weighted by Gasteiger charge is -1.93. The van der Waals surface area contributed by atoms with Crippen molar-refractivity contribution in [2.45, 2.75) is 6.92 Å². The molecule has 0 aromatic carbocycles. The van der Waals surface area contributed by atoms with Crippen LogP contribution < -0.4 is 0 Å². The molecule has 5 heteroatoms. The fraction of sp³-hybridized carbons (Fsp3) is 0.143. The predicted octanol–water partition coefficient (Wildman–Crippen LogP) is 0.570. The predicted molar refractivity (Wildman–Crippen MR) is 42.1 cm³/mol. The van der Waals surface area contributed by atoms with Crippen molar-refractivity contribution in [3.8, 4) is 11.5 Å². The third-order valence-corrected chi connectivity index (χ3v) is 1.44. The number of rotatable bonds is 1. The van der Waals surface area contributed by atoms with Crippen molar-refractivity contribution >= 4 is 0 Å². The molecule has 2 heterocycles. The van der Waals surface area contributed by atoms with Gasteiger partial charge in [-0.15, -0.1) is 0 Å². The molecule has 0 aliphatic rings. The topological polar surface area (TPSA) is 67.3 Å². The Morgan fingerprint density at radius 1 is 1.17 bits per heavy atom. The molecule has 0 atom stereocenters. The molecule has 0 amide bonds. The van der Waals surface area contributed by atoms with Crippen LogP contribution in [0.4, 0.5) is 0 Å². The highest BCUT2D eigenvalue weighted by Gasteiger charge is 2.00. The summed E-state index contributed by atoms with van der Waals surface area (Å²) in [7, 11) is 0. The Kier molecular flexibility index (Phi) is 1.55. The van der Waals surface area contributed by atoms with Crippen molar-refractivity contribution < 1.29 is 0 Å². The van der Waals surface area contributed by atoms with Gasteiger partial charge in [-0.25, -0.2) is 9.97 Å². The van der Waals surface area contributed by atoms with E-state index in [4.69, 9.17) is 0 Å². The van der Waals surface area contributed by atoms with E-state index in [0.29, 0.717) is 11.5 Å². The molecule has 2 rings (SSSR count). The smallest absolute Gasteiger partial charge is 0.175 e. The summed E-state index contributed by atoms with van der Waals surface area (Å²) in [6.45, 7) is 1.89. The van der Waals surface area contributed by atoms with Gasteiger partial charge in [0.2, 0.25) is 0 Å². The van der Waals surface area contributed by atoms with E-state index in [2.05, 4.69) is 25.1 Å². The maximum atomic E-state index is 4.12. The highest BCUT2D eigenvalue weighted by Crippen LogP contribution is 2.06. The van der Waals surface area contributed by atoms with Crippen LogP contribution >= 0.6 is 0 Å². The second-order valence-corrected chi connectivity index (χ2v) is 2.38. The van der Waals surface area contributed by atoms with Gasteiger partial charge in [0.1, 0.15) is 12.0 Å². The van der Waals surface area contributed by atoms with Gasteiger partial charge in [-0.2, -0.15) is 5.10 Å².